The Hall–Kier alpha value is -1.25. The first kappa shape index (κ1) is 16.1. The third-order valence-corrected chi connectivity index (χ3v) is 5.11. The minimum absolute atomic E-state index is 0.0168. The monoisotopic (exact) mass is 319 g/mol. The number of hydrogen-bond acceptors (Lipinski definition) is 4. The van der Waals surface area contributed by atoms with Crippen LogP contribution >= 0.6 is 0 Å². The first-order valence-electron chi connectivity index (χ1n) is 6.79. The predicted octanol–water partition coefficient (Wildman–Crippen LogP) is 1.31. The number of sulfonamides is 1. The maximum Gasteiger partial charge on any atom is 0.243 e. The van der Waals surface area contributed by atoms with Crippen LogP contribution in [0.5, 0.6) is 0 Å². The number of nitrogen functional groups attached to an aromatic ring is 1. The number of nitrogens with one attached hydrogen (secondary N) is 1. The number of nitrogens with two attached hydrogens (primary N) is 1. The number of benzene rings is 1. The fourth-order valence-corrected chi connectivity index (χ4v) is 3.58. The third kappa shape index (κ3) is 3.69. The van der Waals surface area contributed by atoms with Gasteiger partial charge in [-0.15, -0.1) is 0 Å². The number of hydrogen-bond donors (Lipinski definition) is 2. The standard InChI is InChI=1S/C13H19F2N3O2S/c1-9(18-4-2-3-5-18)8-17-21(19,20)13-7-12(16)10(14)6-11(13)15/h6-7,9,17H,2-5,8,16H2,1H3. The molecule has 0 aromatic heterocycles. The van der Waals surface area contributed by atoms with Crippen molar-refractivity contribution in [2.24, 2.45) is 0 Å². The van der Waals surface area contributed by atoms with E-state index in [0.29, 0.717) is 6.07 Å². The van der Waals surface area contributed by atoms with E-state index in [2.05, 4.69) is 9.62 Å². The van der Waals surface area contributed by atoms with Crippen LogP contribution in [0.25, 0.3) is 0 Å². The van der Waals surface area contributed by atoms with Gasteiger partial charge in [-0.2, -0.15) is 0 Å². The fraction of sp³-hybridized carbons (Fsp3) is 0.538. The van der Waals surface area contributed by atoms with Crippen molar-refractivity contribution in [3.8, 4) is 0 Å². The maximum atomic E-state index is 13.6. The average molecular weight is 319 g/mol. The van der Waals surface area contributed by atoms with Crippen LogP contribution in [0, 0.1) is 11.6 Å². The number of likely N-dealkylation sites (tertiary alicyclic amines) is 1. The van der Waals surface area contributed by atoms with Crippen molar-refractivity contribution < 1.29 is 17.2 Å². The van der Waals surface area contributed by atoms with Crippen molar-refractivity contribution in [1.82, 2.24) is 9.62 Å². The molecule has 1 aromatic rings. The van der Waals surface area contributed by atoms with E-state index in [9.17, 15) is 17.2 Å². The van der Waals surface area contributed by atoms with Crippen LogP contribution in [0.2, 0.25) is 0 Å². The first-order chi connectivity index (χ1) is 9.81. The van der Waals surface area contributed by atoms with Crippen LogP contribution in [0.15, 0.2) is 17.0 Å². The Morgan fingerprint density at radius 3 is 2.52 bits per heavy atom. The zero-order valence-electron chi connectivity index (χ0n) is 11.8. The second-order valence-electron chi connectivity index (χ2n) is 5.25. The summed E-state index contributed by atoms with van der Waals surface area (Å²) < 4.78 is 53.2. The SMILES string of the molecule is CC(CNS(=O)(=O)c1cc(N)c(F)cc1F)N1CCCC1. The molecule has 0 bridgehead atoms. The van der Waals surface area contributed by atoms with Gasteiger partial charge in [0.25, 0.3) is 0 Å². The summed E-state index contributed by atoms with van der Waals surface area (Å²) in [5, 5.41) is 0. The lowest BCUT2D eigenvalue weighted by Crippen LogP contribution is -2.40. The molecule has 118 valence electrons. The number of halogens is 2. The van der Waals surface area contributed by atoms with Crippen molar-refractivity contribution in [2.45, 2.75) is 30.7 Å². The van der Waals surface area contributed by atoms with E-state index < -0.39 is 32.2 Å². The summed E-state index contributed by atoms with van der Waals surface area (Å²) in [7, 11) is -4.05. The van der Waals surface area contributed by atoms with Crippen LogP contribution in [0.3, 0.4) is 0 Å². The van der Waals surface area contributed by atoms with Crippen molar-refractivity contribution >= 4 is 15.7 Å². The van der Waals surface area contributed by atoms with E-state index in [1.54, 1.807) is 0 Å². The van der Waals surface area contributed by atoms with Gasteiger partial charge in [0, 0.05) is 18.7 Å². The Balaban J connectivity index is 2.09. The molecule has 0 aliphatic carbocycles. The minimum Gasteiger partial charge on any atom is -0.396 e. The molecule has 2 rings (SSSR count). The van der Waals surface area contributed by atoms with E-state index in [-0.39, 0.29) is 12.6 Å². The van der Waals surface area contributed by atoms with E-state index in [1.807, 2.05) is 6.92 Å². The highest BCUT2D eigenvalue weighted by molar-refractivity contribution is 7.89. The molecule has 1 atom stereocenters. The first-order valence-corrected chi connectivity index (χ1v) is 8.28. The van der Waals surface area contributed by atoms with Crippen molar-refractivity contribution in [3.63, 3.8) is 0 Å². The summed E-state index contributed by atoms with van der Waals surface area (Å²) in [5.74, 6) is -2.13. The summed E-state index contributed by atoms with van der Waals surface area (Å²) in [4.78, 5) is 1.53. The van der Waals surface area contributed by atoms with Gasteiger partial charge < -0.3 is 5.73 Å². The van der Waals surface area contributed by atoms with Gasteiger partial charge >= 0.3 is 0 Å². The highest BCUT2D eigenvalue weighted by Crippen LogP contribution is 2.21. The molecular weight excluding hydrogens is 300 g/mol. The lowest BCUT2D eigenvalue weighted by molar-refractivity contribution is 0.260. The lowest BCUT2D eigenvalue weighted by Gasteiger charge is -2.23. The van der Waals surface area contributed by atoms with E-state index in [0.717, 1.165) is 32.0 Å². The molecule has 0 spiro atoms. The maximum absolute atomic E-state index is 13.6. The van der Waals surface area contributed by atoms with Gasteiger partial charge in [-0.1, -0.05) is 0 Å². The highest BCUT2D eigenvalue weighted by atomic mass is 32.2. The second-order valence-corrected chi connectivity index (χ2v) is 6.98. The molecule has 0 saturated carbocycles. The predicted molar refractivity (Wildman–Crippen MR) is 76.2 cm³/mol. The van der Waals surface area contributed by atoms with Crippen molar-refractivity contribution in [3.05, 3.63) is 23.8 Å². The number of nitrogens with zero attached hydrogens (tertiary/aromatic N) is 1. The van der Waals surface area contributed by atoms with Crippen LogP contribution in [-0.2, 0) is 10.0 Å². The quantitative estimate of drug-likeness (QED) is 0.803. The van der Waals surface area contributed by atoms with Gasteiger partial charge in [-0.3, -0.25) is 4.90 Å². The summed E-state index contributed by atoms with van der Waals surface area (Å²) in [6.45, 7) is 3.93. The van der Waals surface area contributed by atoms with E-state index in [4.69, 9.17) is 5.73 Å². The molecule has 1 aromatic carbocycles. The molecule has 8 heteroatoms. The molecule has 1 unspecified atom stereocenters. The van der Waals surface area contributed by atoms with Crippen LogP contribution in [0.1, 0.15) is 19.8 Å². The summed E-state index contributed by atoms with van der Waals surface area (Å²) in [6, 6.07) is 1.30. The van der Waals surface area contributed by atoms with Gasteiger partial charge in [0.05, 0.1) is 5.69 Å². The summed E-state index contributed by atoms with van der Waals surface area (Å²) in [6.07, 6.45) is 2.19. The molecule has 3 N–H and O–H groups in total. The number of rotatable bonds is 5. The van der Waals surface area contributed by atoms with Gasteiger partial charge in [-0.05, 0) is 38.9 Å². The second kappa shape index (κ2) is 6.25. The van der Waals surface area contributed by atoms with Gasteiger partial charge in [0.1, 0.15) is 16.5 Å². The van der Waals surface area contributed by atoms with E-state index in [1.165, 1.54) is 0 Å². The molecule has 21 heavy (non-hydrogen) atoms. The Kier molecular flexibility index (Phi) is 4.80. The van der Waals surface area contributed by atoms with Crippen LogP contribution in [-0.4, -0.2) is 39.0 Å². The minimum atomic E-state index is -4.05. The molecule has 1 aliphatic rings. The fourth-order valence-electron chi connectivity index (χ4n) is 2.37. The Bertz CT molecular complexity index is 616. The highest BCUT2D eigenvalue weighted by Gasteiger charge is 2.24. The third-order valence-electron chi connectivity index (χ3n) is 3.67. The number of anilines is 1. The smallest absolute Gasteiger partial charge is 0.243 e. The summed E-state index contributed by atoms with van der Waals surface area (Å²) in [5.41, 5.74) is 4.90. The average Bonchev–Trinajstić information content (AvgIpc) is 2.94. The van der Waals surface area contributed by atoms with Crippen molar-refractivity contribution in [2.75, 3.05) is 25.4 Å². The van der Waals surface area contributed by atoms with E-state index >= 15 is 0 Å². The molecule has 0 radical (unpaired) electrons. The Morgan fingerprint density at radius 1 is 1.29 bits per heavy atom. The molecule has 1 aliphatic heterocycles. The van der Waals surface area contributed by atoms with Gasteiger partial charge in [-0.25, -0.2) is 21.9 Å². The van der Waals surface area contributed by atoms with Crippen LogP contribution in [0.4, 0.5) is 14.5 Å². The van der Waals surface area contributed by atoms with Crippen molar-refractivity contribution in [1.29, 1.82) is 0 Å². The molecule has 1 heterocycles. The Morgan fingerprint density at radius 2 is 1.90 bits per heavy atom. The topological polar surface area (TPSA) is 75.4 Å². The zero-order valence-corrected chi connectivity index (χ0v) is 12.6. The largest absolute Gasteiger partial charge is 0.396 e. The Labute approximate surface area is 123 Å². The molecule has 5 nitrogen and oxygen atoms in total. The molecular formula is C13H19F2N3O2S. The van der Waals surface area contributed by atoms with Gasteiger partial charge in [0.15, 0.2) is 0 Å². The molecule has 1 saturated heterocycles. The molecule has 1 fully saturated rings. The van der Waals surface area contributed by atoms with Gasteiger partial charge in [0.2, 0.25) is 10.0 Å². The normalized spacial score (nSPS) is 18.0. The summed E-state index contributed by atoms with van der Waals surface area (Å²) >= 11 is 0. The zero-order chi connectivity index (χ0) is 15.6. The lowest BCUT2D eigenvalue weighted by atomic mass is 10.3. The van der Waals surface area contributed by atoms with Crippen LogP contribution < -0.4 is 10.5 Å². The molecule has 0 amide bonds.